The van der Waals surface area contributed by atoms with Crippen molar-refractivity contribution in [1.82, 2.24) is 0 Å². The average Bonchev–Trinajstić information content (AvgIpc) is 2.50. The van der Waals surface area contributed by atoms with E-state index in [1.807, 2.05) is 0 Å². The maximum Gasteiger partial charge on any atom is 0.611 e. The zero-order valence-corrected chi connectivity index (χ0v) is 9.99. The molecule has 0 aromatic heterocycles. The Kier molecular flexibility index (Phi) is 2.93. The minimum atomic E-state index is -3.32. The van der Waals surface area contributed by atoms with Crippen LogP contribution in [0.15, 0.2) is 18.2 Å². The number of hydrogen-bond donors (Lipinski definition) is 1. The van der Waals surface area contributed by atoms with Crippen molar-refractivity contribution in [1.29, 1.82) is 0 Å². The van der Waals surface area contributed by atoms with Gasteiger partial charge in [-0.25, -0.2) is 4.79 Å². The molecule has 0 saturated heterocycles. The second-order valence-electron chi connectivity index (χ2n) is 3.02. The number of esters is 1. The van der Waals surface area contributed by atoms with Gasteiger partial charge < -0.3 is 4.74 Å². The summed E-state index contributed by atoms with van der Waals surface area (Å²) >= 11 is 5.53. The fraction of sp³-hybridized carbons (Fsp3) is 0.222. The lowest BCUT2D eigenvalue weighted by Gasteiger charge is -2.00. The maximum atomic E-state index is 11.4. The van der Waals surface area contributed by atoms with Gasteiger partial charge in [0, 0.05) is 6.07 Å². The van der Waals surface area contributed by atoms with Crippen LogP contribution in [-0.4, -0.2) is 17.5 Å². The third-order valence-corrected chi connectivity index (χ3v) is 3.13. The van der Waals surface area contributed by atoms with Crippen LogP contribution in [0, 0.1) is 0 Å². The van der Waals surface area contributed by atoms with E-state index in [-0.39, 0.29) is 5.75 Å². The quantitative estimate of drug-likeness (QED) is 0.656. The number of halogens is 1. The molecule has 1 aromatic carbocycles. The summed E-state index contributed by atoms with van der Waals surface area (Å²) in [7, 11) is -3.32. The zero-order valence-electron chi connectivity index (χ0n) is 8.34. The van der Waals surface area contributed by atoms with E-state index in [1.54, 1.807) is 6.92 Å². The highest BCUT2D eigenvalue weighted by atomic mass is 35.7. The number of benzene rings is 1. The number of fused-ring (bicyclic) bond motifs is 1. The molecule has 1 aromatic rings. The monoisotopic (exact) mass is 263 g/mol. The Bertz CT molecular complexity index is 434. The first kappa shape index (κ1) is 11.5. The van der Waals surface area contributed by atoms with Crippen molar-refractivity contribution in [2.24, 2.45) is 0 Å². The van der Waals surface area contributed by atoms with Gasteiger partial charge >= 0.3 is 13.3 Å². The van der Waals surface area contributed by atoms with Crippen LogP contribution in [0.25, 0.3) is 0 Å². The van der Waals surface area contributed by atoms with Crippen LogP contribution < -0.4 is 9.05 Å². The molecule has 0 bridgehead atoms. The number of carbonyl (C=O) groups is 1. The van der Waals surface area contributed by atoms with Gasteiger partial charge in [0.15, 0.2) is 0 Å². The highest BCUT2D eigenvalue weighted by Gasteiger charge is 2.50. The maximum absolute atomic E-state index is 11.4. The minimum Gasteiger partial charge on any atom is -0.462 e. The lowest BCUT2D eigenvalue weighted by atomic mass is 10.2. The highest BCUT2D eigenvalue weighted by molar-refractivity contribution is 7.87. The molecule has 0 spiro atoms. The SMILES string of the molecule is CCOC(=O)c1ccc2c(c1)O[P+](O)(Cl)O2. The van der Waals surface area contributed by atoms with Crippen LogP contribution in [0.2, 0.25) is 0 Å². The highest BCUT2D eigenvalue weighted by Crippen LogP contribution is 2.67. The van der Waals surface area contributed by atoms with Gasteiger partial charge in [-0.05, 0) is 19.1 Å². The summed E-state index contributed by atoms with van der Waals surface area (Å²) in [4.78, 5) is 20.8. The van der Waals surface area contributed by atoms with E-state index in [0.717, 1.165) is 0 Å². The van der Waals surface area contributed by atoms with Crippen LogP contribution in [0.3, 0.4) is 0 Å². The van der Waals surface area contributed by atoms with E-state index in [2.05, 4.69) is 0 Å². The van der Waals surface area contributed by atoms with Gasteiger partial charge in [-0.2, -0.15) is 4.89 Å². The van der Waals surface area contributed by atoms with E-state index in [9.17, 15) is 9.69 Å². The molecule has 7 heteroatoms. The van der Waals surface area contributed by atoms with Crippen LogP contribution in [0.4, 0.5) is 0 Å². The van der Waals surface area contributed by atoms with Crippen molar-refractivity contribution in [3.63, 3.8) is 0 Å². The van der Waals surface area contributed by atoms with Crippen molar-refractivity contribution >= 4 is 24.5 Å². The van der Waals surface area contributed by atoms with Gasteiger partial charge in [0.1, 0.15) is 0 Å². The molecule has 1 heterocycles. The second-order valence-corrected chi connectivity index (χ2v) is 5.57. The molecule has 0 radical (unpaired) electrons. The van der Waals surface area contributed by atoms with Gasteiger partial charge in [-0.1, -0.05) is 0 Å². The molecular weight excluding hydrogens is 255 g/mol. The third-order valence-electron chi connectivity index (χ3n) is 1.88. The molecular formula is C9H9ClO5P+. The molecule has 0 fully saturated rings. The summed E-state index contributed by atoms with van der Waals surface area (Å²) in [6.45, 7) is 2.01. The molecule has 0 aliphatic carbocycles. The molecule has 0 amide bonds. The Morgan fingerprint density at radius 2 is 2.19 bits per heavy atom. The Labute approximate surface area is 97.3 Å². The van der Waals surface area contributed by atoms with Gasteiger partial charge in [-0.3, -0.25) is 9.05 Å². The van der Waals surface area contributed by atoms with Gasteiger partial charge in [0.05, 0.1) is 12.2 Å². The molecule has 0 saturated carbocycles. The van der Waals surface area contributed by atoms with E-state index in [0.29, 0.717) is 17.9 Å². The first-order valence-electron chi connectivity index (χ1n) is 4.53. The van der Waals surface area contributed by atoms with Crippen LogP contribution in [0.1, 0.15) is 17.3 Å². The fourth-order valence-electron chi connectivity index (χ4n) is 1.26. The number of rotatable bonds is 2. The Morgan fingerprint density at radius 1 is 1.50 bits per heavy atom. The van der Waals surface area contributed by atoms with E-state index >= 15 is 0 Å². The molecule has 16 heavy (non-hydrogen) atoms. The first-order valence-corrected chi connectivity index (χ1v) is 7.02. The lowest BCUT2D eigenvalue weighted by Crippen LogP contribution is -2.04. The molecule has 2 rings (SSSR count). The standard InChI is InChI=1S/C9H9ClO5P/c1-2-13-9(11)6-3-4-7-8(5-6)15-16(10,12)14-7/h3-5,12H,2H2,1H3/q+1. The van der Waals surface area contributed by atoms with Gasteiger partial charge in [-0.15, -0.1) is 0 Å². The number of ether oxygens (including phenoxy) is 1. The molecule has 86 valence electrons. The molecule has 5 nitrogen and oxygen atoms in total. The van der Waals surface area contributed by atoms with Crippen molar-refractivity contribution in [2.75, 3.05) is 6.61 Å². The molecule has 1 aliphatic heterocycles. The molecule has 1 N–H and O–H groups in total. The Hall–Kier alpha value is -1.03. The van der Waals surface area contributed by atoms with Crippen LogP contribution in [-0.2, 0) is 4.74 Å². The average molecular weight is 264 g/mol. The first-order chi connectivity index (χ1) is 7.52. The topological polar surface area (TPSA) is 65.0 Å². The predicted molar refractivity (Wildman–Crippen MR) is 58.6 cm³/mol. The number of carbonyl (C=O) groups excluding carboxylic acids is 1. The smallest absolute Gasteiger partial charge is 0.462 e. The van der Waals surface area contributed by atoms with Crippen molar-refractivity contribution < 1.29 is 23.5 Å². The predicted octanol–water partition coefficient (Wildman–Crippen LogP) is 2.54. The Morgan fingerprint density at radius 3 is 2.88 bits per heavy atom. The van der Waals surface area contributed by atoms with Gasteiger partial charge in [0.25, 0.3) is 0 Å². The van der Waals surface area contributed by atoms with E-state index in [1.165, 1.54) is 18.2 Å². The summed E-state index contributed by atoms with van der Waals surface area (Å²) in [6, 6.07) is 4.44. The Balaban J connectivity index is 2.26. The zero-order chi connectivity index (χ0) is 11.8. The summed E-state index contributed by atoms with van der Waals surface area (Å²) < 4.78 is 14.7. The fourth-order valence-corrected chi connectivity index (χ4v) is 2.52. The van der Waals surface area contributed by atoms with E-state index < -0.39 is 13.3 Å². The summed E-state index contributed by atoms with van der Waals surface area (Å²) in [5, 5.41) is 0. The van der Waals surface area contributed by atoms with Crippen LogP contribution >= 0.6 is 18.5 Å². The summed E-state index contributed by atoms with van der Waals surface area (Å²) in [5.74, 6) is 0.104. The van der Waals surface area contributed by atoms with Crippen molar-refractivity contribution in [3.8, 4) is 11.5 Å². The minimum absolute atomic E-state index is 0.247. The third kappa shape index (κ3) is 2.21. The molecule has 1 atom stereocenters. The molecule has 1 unspecified atom stereocenters. The second kappa shape index (κ2) is 4.09. The van der Waals surface area contributed by atoms with Crippen molar-refractivity contribution in [2.45, 2.75) is 6.92 Å². The summed E-state index contributed by atoms with van der Waals surface area (Å²) in [6.07, 6.45) is 0. The van der Waals surface area contributed by atoms with Crippen LogP contribution in [0.5, 0.6) is 11.5 Å². The largest absolute Gasteiger partial charge is 0.611 e. The van der Waals surface area contributed by atoms with Gasteiger partial charge in [0.2, 0.25) is 22.7 Å². The summed E-state index contributed by atoms with van der Waals surface area (Å²) in [5.41, 5.74) is 0.322. The van der Waals surface area contributed by atoms with Crippen molar-refractivity contribution in [3.05, 3.63) is 23.8 Å². The van der Waals surface area contributed by atoms with E-state index in [4.69, 9.17) is 25.0 Å². The normalized spacial score (nSPS) is 21.9. The lowest BCUT2D eigenvalue weighted by molar-refractivity contribution is 0.0526. The molecule has 1 aliphatic rings. The number of hydrogen-bond acceptors (Lipinski definition) is 5.